The Kier molecular flexibility index (Phi) is 2.68. The van der Waals surface area contributed by atoms with E-state index < -0.39 is 0 Å². The molecule has 75 valence electrons. The number of aromatic nitrogens is 1. The average Bonchev–Trinajstić information content (AvgIpc) is 2.19. The SMILES string of the molecule is Cc1ccc(N2C[CH]C[C@@H](O)C2)cn1. The number of aryl methyl sites for hydroxylation is 1. The first-order valence-electron chi connectivity index (χ1n) is 4.93. The van der Waals surface area contributed by atoms with Gasteiger partial charge in [0.25, 0.3) is 0 Å². The Hall–Kier alpha value is -1.09. The molecule has 0 aromatic carbocycles. The van der Waals surface area contributed by atoms with Crippen LogP contribution in [0.1, 0.15) is 12.1 Å². The molecule has 1 aliphatic rings. The van der Waals surface area contributed by atoms with E-state index in [1.165, 1.54) is 0 Å². The van der Waals surface area contributed by atoms with Crippen LogP contribution in [0.4, 0.5) is 5.69 Å². The van der Waals surface area contributed by atoms with Crippen molar-refractivity contribution in [3.63, 3.8) is 0 Å². The lowest BCUT2D eigenvalue weighted by molar-refractivity contribution is 0.169. The maximum Gasteiger partial charge on any atom is 0.0718 e. The van der Waals surface area contributed by atoms with Crippen LogP contribution < -0.4 is 4.90 Å². The normalized spacial score (nSPS) is 22.4. The molecule has 2 heterocycles. The summed E-state index contributed by atoms with van der Waals surface area (Å²) in [5.41, 5.74) is 2.11. The van der Waals surface area contributed by atoms with Crippen molar-refractivity contribution in [3.8, 4) is 0 Å². The van der Waals surface area contributed by atoms with Gasteiger partial charge in [0.05, 0.1) is 18.0 Å². The van der Waals surface area contributed by atoms with E-state index in [0.29, 0.717) is 6.54 Å². The van der Waals surface area contributed by atoms with E-state index in [4.69, 9.17) is 0 Å². The molecule has 1 fully saturated rings. The number of nitrogens with zero attached hydrogens (tertiary/aromatic N) is 2. The molecule has 1 aromatic heterocycles. The highest BCUT2D eigenvalue weighted by molar-refractivity contribution is 5.45. The Morgan fingerprint density at radius 2 is 2.36 bits per heavy atom. The maximum absolute atomic E-state index is 9.50. The fraction of sp³-hybridized carbons (Fsp3) is 0.455. The first-order chi connectivity index (χ1) is 6.75. The Labute approximate surface area is 84.4 Å². The zero-order chi connectivity index (χ0) is 9.97. The number of hydrogen-bond acceptors (Lipinski definition) is 3. The Morgan fingerprint density at radius 3 is 3.00 bits per heavy atom. The molecule has 1 aliphatic heterocycles. The molecule has 0 bridgehead atoms. The van der Waals surface area contributed by atoms with Gasteiger partial charge >= 0.3 is 0 Å². The van der Waals surface area contributed by atoms with E-state index in [2.05, 4.69) is 16.3 Å². The smallest absolute Gasteiger partial charge is 0.0718 e. The summed E-state index contributed by atoms with van der Waals surface area (Å²) in [6.07, 6.45) is 4.54. The van der Waals surface area contributed by atoms with Gasteiger partial charge in [-0.25, -0.2) is 0 Å². The fourth-order valence-corrected chi connectivity index (χ4v) is 1.68. The minimum Gasteiger partial charge on any atom is -0.391 e. The van der Waals surface area contributed by atoms with Crippen molar-refractivity contribution in [3.05, 3.63) is 30.4 Å². The van der Waals surface area contributed by atoms with E-state index in [1.54, 1.807) is 0 Å². The van der Waals surface area contributed by atoms with Crippen molar-refractivity contribution in [2.75, 3.05) is 18.0 Å². The summed E-state index contributed by atoms with van der Waals surface area (Å²) in [5, 5.41) is 9.50. The molecule has 1 atom stereocenters. The first-order valence-corrected chi connectivity index (χ1v) is 4.93. The third kappa shape index (κ3) is 2.04. The van der Waals surface area contributed by atoms with Crippen LogP contribution in [0.5, 0.6) is 0 Å². The second-order valence-electron chi connectivity index (χ2n) is 3.74. The number of pyridine rings is 1. The molecule has 1 N–H and O–H groups in total. The van der Waals surface area contributed by atoms with Crippen molar-refractivity contribution in [2.24, 2.45) is 0 Å². The van der Waals surface area contributed by atoms with E-state index in [0.717, 1.165) is 24.3 Å². The monoisotopic (exact) mass is 191 g/mol. The zero-order valence-corrected chi connectivity index (χ0v) is 8.35. The molecule has 0 amide bonds. The molecule has 0 spiro atoms. The topological polar surface area (TPSA) is 36.4 Å². The second kappa shape index (κ2) is 3.96. The number of aliphatic hydroxyl groups is 1. The summed E-state index contributed by atoms with van der Waals surface area (Å²) in [6.45, 7) is 3.59. The van der Waals surface area contributed by atoms with Crippen molar-refractivity contribution >= 4 is 5.69 Å². The second-order valence-corrected chi connectivity index (χ2v) is 3.74. The Morgan fingerprint density at radius 1 is 1.50 bits per heavy atom. The molecule has 3 heteroatoms. The van der Waals surface area contributed by atoms with Crippen molar-refractivity contribution in [2.45, 2.75) is 19.4 Å². The largest absolute Gasteiger partial charge is 0.391 e. The molecule has 3 nitrogen and oxygen atoms in total. The lowest BCUT2D eigenvalue weighted by Crippen LogP contribution is -2.38. The van der Waals surface area contributed by atoms with E-state index in [1.807, 2.05) is 25.3 Å². The van der Waals surface area contributed by atoms with Gasteiger partial charge in [0.2, 0.25) is 0 Å². The molecular weight excluding hydrogens is 176 g/mol. The molecule has 1 saturated heterocycles. The van der Waals surface area contributed by atoms with Crippen LogP contribution in [-0.4, -0.2) is 29.3 Å². The fourth-order valence-electron chi connectivity index (χ4n) is 1.68. The maximum atomic E-state index is 9.50. The standard InChI is InChI=1S/C11H15N2O/c1-9-4-5-10(7-12-9)13-6-2-3-11(14)8-13/h2,4-5,7,11,14H,3,6,8H2,1H3/t11-/m1/s1. The number of aliphatic hydroxyl groups excluding tert-OH is 1. The summed E-state index contributed by atoms with van der Waals surface area (Å²) >= 11 is 0. The Balaban J connectivity index is 2.10. The minimum atomic E-state index is -0.231. The van der Waals surface area contributed by atoms with Gasteiger partial charge in [-0.15, -0.1) is 0 Å². The number of anilines is 1. The summed E-state index contributed by atoms with van der Waals surface area (Å²) in [5.74, 6) is 0. The van der Waals surface area contributed by atoms with Gasteiger partial charge in [0.15, 0.2) is 0 Å². The average molecular weight is 191 g/mol. The highest BCUT2D eigenvalue weighted by atomic mass is 16.3. The molecule has 0 unspecified atom stereocenters. The van der Waals surface area contributed by atoms with Gasteiger partial charge in [-0.2, -0.15) is 0 Å². The van der Waals surface area contributed by atoms with Gasteiger partial charge in [-0.05, 0) is 31.9 Å². The number of rotatable bonds is 1. The van der Waals surface area contributed by atoms with E-state index in [-0.39, 0.29) is 6.10 Å². The molecular formula is C11H15N2O. The van der Waals surface area contributed by atoms with Gasteiger partial charge in [-0.1, -0.05) is 0 Å². The minimum absolute atomic E-state index is 0.231. The molecule has 0 saturated carbocycles. The quantitative estimate of drug-likeness (QED) is 0.723. The van der Waals surface area contributed by atoms with Crippen molar-refractivity contribution in [1.82, 2.24) is 4.98 Å². The third-order valence-electron chi connectivity index (χ3n) is 2.48. The predicted octanol–water partition coefficient (Wildman–Crippen LogP) is 1.17. The van der Waals surface area contributed by atoms with Gasteiger partial charge in [0.1, 0.15) is 0 Å². The van der Waals surface area contributed by atoms with Crippen molar-refractivity contribution in [1.29, 1.82) is 0 Å². The summed E-state index contributed by atoms with van der Waals surface area (Å²) in [7, 11) is 0. The highest BCUT2D eigenvalue weighted by Gasteiger charge is 2.17. The molecule has 1 radical (unpaired) electrons. The summed E-state index contributed by atoms with van der Waals surface area (Å²) in [4.78, 5) is 6.38. The lowest BCUT2D eigenvalue weighted by Gasteiger charge is -2.31. The first kappa shape index (κ1) is 9.46. The van der Waals surface area contributed by atoms with Crippen LogP contribution in [0, 0.1) is 13.3 Å². The van der Waals surface area contributed by atoms with Gasteiger partial charge in [0, 0.05) is 18.8 Å². The van der Waals surface area contributed by atoms with Crippen LogP contribution >= 0.6 is 0 Å². The Bertz CT molecular complexity index is 297. The third-order valence-corrected chi connectivity index (χ3v) is 2.48. The van der Waals surface area contributed by atoms with Crippen LogP contribution in [-0.2, 0) is 0 Å². The van der Waals surface area contributed by atoms with Crippen LogP contribution in [0.25, 0.3) is 0 Å². The zero-order valence-electron chi connectivity index (χ0n) is 8.35. The van der Waals surface area contributed by atoms with Gasteiger partial charge in [-0.3, -0.25) is 4.98 Å². The summed E-state index contributed by atoms with van der Waals surface area (Å²) < 4.78 is 0. The molecule has 2 rings (SSSR count). The molecule has 14 heavy (non-hydrogen) atoms. The number of β-amino-alcohol motifs (C(OH)–C–C–N with tert-alkyl or cyclic N) is 1. The summed E-state index contributed by atoms with van der Waals surface area (Å²) in [6, 6.07) is 4.05. The van der Waals surface area contributed by atoms with Crippen LogP contribution in [0.15, 0.2) is 18.3 Å². The lowest BCUT2D eigenvalue weighted by atomic mass is 10.1. The number of hydrogen-bond donors (Lipinski definition) is 1. The van der Waals surface area contributed by atoms with Crippen LogP contribution in [0.3, 0.4) is 0 Å². The van der Waals surface area contributed by atoms with Crippen LogP contribution in [0.2, 0.25) is 0 Å². The number of piperidine rings is 1. The van der Waals surface area contributed by atoms with Gasteiger partial charge < -0.3 is 10.0 Å². The van der Waals surface area contributed by atoms with E-state index in [9.17, 15) is 5.11 Å². The predicted molar refractivity (Wildman–Crippen MR) is 56.1 cm³/mol. The van der Waals surface area contributed by atoms with Crippen molar-refractivity contribution < 1.29 is 5.11 Å². The van der Waals surface area contributed by atoms with E-state index >= 15 is 0 Å². The molecule has 0 aliphatic carbocycles. The molecule has 1 aromatic rings. The highest BCUT2D eigenvalue weighted by Crippen LogP contribution is 2.18.